The third-order valence-corrected chi connectivity index (χ3v) is 2.46. The molecule has 2 heteroatoms. The fourth-order valence-electron chi connectivity index (χ4n) is 1.73. The van der Waals surface area contributed by atoms with Crippen molar-refractivity contribution in [3.63, 3.8) is 0 Å². The van der Waals surface area contributed by atoms with Gasteiger partial charge in [0.05, 0.1) is 0 Å². The first-order chi connectivity index (χ1) is 7.43. The minimum Gasteiger partial charge on any atom is -0.300 e. The molecule has 15 heavy (non-hydrogen) atoms. The first-order valence-electron chi connectivity index (χ1n) is 4.92. The minimum absolute atomic E-state index is 0.997. The van der Waals surface area contributed by atoms with E-state index in [0.29, 0.717) is 0 Å². The van der Waals surface area contributed by atoms with E-state index in [1.54, 1.807) is 0 Å². The number of imidazole rings is 1. The number of hydrogen-bond donors (Lipinski definition) is 0. The van der Waals surface area contributed by atoms with Crippen molar-refractivity contribution in [1.29, 1.82) is 0 Å². The summed E-state index contributed by atoms with van der Waals surface area (Å²) in [6.07, 6.45) is 5.94. The van der Waals surface area contributed by atoms with Gasteiger partial charge in [-0.05, 0) is 23.8 Å². The zero-order valence-electron chi connectivity index (χ0n) is 8.17. The molecule has 0 aliphatic rings. The summed E-state index contributed by atoms with van der Waals surface area (Å²) in [6, 6.07) is 14.4. The number of benzene rings is 1. The van der Waals surface area contributed by atoms with Crippen molar-refractivity contribution >= 4 is 11.7 Å². The summed E-state index contributed by atoms with van der Waals surface area (Å²) in [5.74, 6) is 0. The van der Waals surface area contributed by atoms with E-state index in [9.17, 15) is 0 Å². The summed E-state index contributed by atoms with van der Waals surface area (Å²) in [5.41, 5.74) is 2.20. The summed E-state index contributed by atoms with van der Waals surface area (Å²) in [5, 5.41) is 1.16. The lowest BCUT2D eigenvalue weighted by Crippen LogP contribution is -2.05. The highest BCUT2D eigenvalue weighted by Gasteiger charge is 1.95. The average molecular weight is 194 g/mol. The SMILES string of the molecule is C(c1ccccc1)=c1ccc2nccn12. The van der Waals surface area contributed by atoms with E-state index >= 15 is 0 Å². The minimum atomic E-state index is 0.997. The summed E-state index contributed by atoms with van der Waals surface area (Å²) < 4.78 is 2.08. The first-order valence-corrected chi connectivity index (χ1v) is 4.92. The fraction of sp³-hybridized carbons (Fsp3) is 0. The molecule has 0 saturated heterocycles. The number of fused-ring (bicyclic) bond motifs is 1. The third kappa shape index (κ3) is 1.40. The highest BCUT2D eigenvalue weighted by Crippen LogP contribution is 2.00. The van der Waals surface area contributed by atoms with Crippen LogP contribution in [0.3, 0.4) is 0 Å². The monoisotopic (exact) mass is 194 g/mol. The highest BCUT2D eigenvalue weighted by atomic mass is 15.0. The van der Waals surface area contributed by atoms with Crippen LogP contribution >= 0.6 is 0 Å². The van der Waals surface area contributed by atoms with Gasteiger partial charge >= 0.3 is 0 Å². The second kappa shape index (κ2) is 3.24. The second-order valence-corrected chi connectivity index (χ2v) is 3.47. The van der Waals surface area contributed by atoms with Gasteiger partial charge in [0.1, 0.15) is 5.65 Å². The molecule has 2 heterocycles. The molecule has 2 nitrogen and oxygen atoms in total. The molecular formula is C13H10N2. The number of nitrogens with zero attached hydrogens (tertiary/aromatic N) is 2. The Bertz CT molecular complexity index is 623. The lowest BCUT2D eigenvalue weighted by Gasteiger charge is -1.90. The van der Waals surface area contributed by atoms with Gasteiger partial charge in [-0.1, -0.05) is 30.3 Å². The maximum absolute atomic E-state index is 4.22. The van der Waals surface area contributed by atoms with Gasteiger partial charge in [-0.15, -0.1) is 0 Å². The van der Waals surface area contributed by atoms with Crippen LogP contribution in [0.1, 0.15) is 5.56 Å². The van der Waals surface area contributed by atoms with Crippen LogP contribution in [0, 0.1) is 0 Å². The van der Waals surface area contributed by atoms with Gasteiger partial charge in [-0.3, -0.25) is 0 Å². The molecule has 0 saturated carbocycles. The quantitative estimate of drug-likeness (QED) is 0.578. The molecule has 3 aromatic rings. The zero-order valence-corrected chi connectivity index (χ0v) is 8.17. The van der Waals surface area contributed by atoms with Crippen molar-refractivity contribution in [2.75, 3.05) is 0 Å². The van der Waals surface area contributed by atoms with E-state index in [2.05, 4.69) is 33.7 Å². The standard InChI is InChI=1S/C13H10N2/c1-2-4-11(5-3-1)10-12-6-7-13-14-8-9-15(12)13/h1-10H. The molecular weight excluding hydrogens is 184 g/mol. The van der Waals surface area contributed by atoms with E-state index in [4.69, 9.17) is 0 Å². The molecule has 0 N–H and O–H groups in total. The largest absolute Gasteiger partial charge is 0.300 e. The Kier molecular flexibility index (Phi) is 1.78. The van der Waals surface area contributed by atoms with Crippen LogP contribution in [0.25, 0.3) is 11.7 Å². The fourth-order valence-corrected chi connectivity index (χ4v) is 1.73. The molecule has 1 aromatic carbocycles. The van der Waals surface area contributed by atoms with E-state index in [-0.39, 0.29) is 0 Å². The summed E-state index contributed by atoms with van der Waals surface area (Å²) >= 11 is 0. The lowest BCUT2D eigenvalue weighted by molar-refractivity contribution is 1.17. The summed E-state index contributed by atoms with van der Waals surface area (Å²) in [6.45, 7) is 0. The van der Waals surface area contributed by atoms with Gasteiger partial charge in [-0.25, -0.2) is 4.98 Å². The predicted molar refractivity (Wildman–Crippen MR) is 60.4 cm³/mol. The number of aromatic nitrogens is 2. The average Bonchev–Trinajstić information content (AvgIpc) is 2.85. The molecule has 0 bridgehead atoms. The van der Waals surface area contributed by atoms with E-state index in [1.165, 1.54) is 5.56 Å². The Morgan fingerprint density at radius 1 is 1.00 bits per heavy atom. The van der Waals surface area contributed by atoms with Gasteiger partial charge in [0.2, 0.25) is 0 Å². The van der Waals surface area contributed by atoms with E-state index in [1.807, 2.05) is 36.7 Å². The molecule has 0 spiro atoms. The Hall–Kier alpha value is -2.09. The first kappa shape index (κ1) is 8.24. The Labute approximate surface area is 87.5 Å². The highest BCUT2D eigenvalue weighted by molar-refractivity contribution is 5.51. The molecule has 72 valence electrons. The Morgan fingerprint density at radius 2 is 1.87 bits per heavy atom. The normalized spacial score (nSPS) is 12.4. The predicted octanol–water partition coefficient (Wildman–Crippen LogP) is 1.88. The van der Waals surface area contributed by atoms with Crippen LogP contribution in [0.2, 0.25) is 0 Å². The molecule has 0 fully saturated rings. The van der Waals surface area contributed by atoms with Crippen molar-refractivity contribution in [3.05, 3.63) is 65.8 Å². The molecule has 3 rings (SSSR count). The van der Waals surface area contributed by atoms with Crippen LogP contribution in [0.5, 0.6) is 0 Å². The van der Waals surface area contributed by atoms with Crippen LogP contribution in [0.4, 0.5) is 0 Å². The van der Waals surface area contributed by atoms with Gasteiger partial charge in [0.15, 0.2) is 0 Å². The molecule has 0 radical (unpaired) electrons. The summed E-state index contributed by atoms with van der Waals surface area (Å²) in [4.78, 5) is 4.22. The lowest BCUT2D eigenvalue weighted by atomic mass is 10.2. The van der Waals surface area contributed by atoms with E-state index in [0.717, 1.165) is 11.0 Å². The molecule has 0 atom stereocenters. The van der Waals surface area contributed by atoms with Crippen LogP contribution in [-0.4, -0.2) is 9.38 Å². The van der Waals surface area contributed by atoms with Gasteiger partial charge in [0, 0.05) is 17.7 Å². The molecule has 0 aliphatic heterocycles. The van der Waals surface area contributed by atoms with Crippen molar-refractivity contribution in [1.82, 2.24) is 9.38 Å². The number of rotatable bonds is 1. The van der Waals surface area contributed by atoms with Crippen molar-refractivity contribution in [2.45, 2.75) is 0 Å². The maximum Gasteiger partial charge on any atom is 0.137 e. The van der Waals surface area contributed by atoms with Crippen molar-refractivity contribution in [2.24, 2.45) is 0 Å². The summed E-state index contributed by atoms with van der Waals surface area (Å²) in [7, 11) is 0. The third-order valence-electron chi connectivity index (χ3n) is 2.46. The van der Waals surface area contributed by atoms with Crippen molar-refractivity contribution < 1.29 is 0 Å². The van der Waals surface area contributed by atoms with Crippen molar-refractivity contribution in [3.8, 4) is 0 Å². The Morgan fingerprint density at radius 3 is 2.73 bits per heavy atom. The van der Waals surface area contributed by atoms with Gasteiger partial charge in [-0.2, -0.15) is 0 Å². The molecule has 0 amide bonds. The van der Waals surface area contributed by atoms with Gasteiger partial charge < -0.3 is 4.40 Å². The second-order valence-electron chi connectivity index (χ2n) is 3.47. The number of hydrogen-bond acceptors (Lipinski definition) is 1. The smallest absolute Gasteiger partial charge is 0.137 e. The topological polar surface area (TPSA) is 17.3 Å². The van der Waals surface area contributed by atoms with Crippen LogP contribution < -0.4 is 5.35 Å². The Balaban J connectivity index is 2.23. The molecule has 0 aliphatic carbocycles. The zero-order chi connectivity index (χ0) is 10.1. The molecule has 0 unspecified atom stereocenters. The van der Waals surface area contributed by atoms with Gasteiger partial charge in [0.25, 0.3) is 0 Å². The van der Waals surface area contributed by atoms with Crippen LogP contribution in [0.15, 0.2) is 54.9 Å². The molecule has 2 aromatic heterocycles. The maximum atomic E-state index is 4.22. The van der Waals surface area contributed by atoms with E-state index < -0.39 is 0 Å². The van der Waals surface area contributed by atoms with Crippen LogP contribution in [-0.2, 0) is 0 Å².